The molecule has 9 nitrogen and oxygen atoms in total. The number of carbonyl (C=O) groups excluding carboxylic acids is 1. The van der Waals surface area contributed by atoms with Crippen molar-refractivity contribution in [3.8, 4) is 0 Å². The lowest BCUT2D eigenvalue weighted by atomic mass is 10.4. The first-order valence-corrected chi connectivity index (χ1v) is 7.71. The van der Waals surface area contributed by atoms with Crippen molar-refractivity contribution < 1.29 is 19.1 Å². The van der Waals surface area contributed by atoms with Gasteiger partial charge in [-0.2, -0.15) is 0 Å². The van der Waals surface area contributed by atoms with Crippen molar-refractivity contribution in [2.24, 2.45) is 0 Å². The van der Waals surface area contributed by atoms with Gasteiger partial charge in [-0.15, -0.1) is 10.2 Å². The first-order valence-electron chi connectivity index (χ1n) is 6.89. The minimum absolute atomic E-state index is 0.0882. The molecule has 2 rings (SSSR count). The molecule has 2 heterocycles. The van der Waals surface area contributed by atoms with E-state index in [1.165, 1.54) is 0 Å². The summed E-state index contributed by atoms with van der Waals surface area (Å²) in [5.74, 6) is -0.359. The first-order chi connectivity index (χ1) is 10.9. The number of nitrogens with zero attached hydrogens (tertiary/aromatic N) is 4. The molecule has 2 aromatic heterocycles. The molecule has 0 aliphatic heterocycles. The van der Waals surface area contributed by atoms with Crippen LogP contribution >= 0.6 is 11.3 Å². The van der Waals surface area contributed by atoms with E-state index < -0.39 is 5.97 Å². The monoisotopic (exact) mass is 339 g/mol. The number of hydrogen-bond acceptors (Lipinski definition) is 8. The lowest BCUT2D eigenvalue weighted by Crippen LogP contribution is -2.29. The largest absolute Gasteiger partial charge is 0.477 e. The number of anilines is 1. The average Bonchev–Trinajstić information content (AvgIpc) is 3.04. The predicted molar refractivity (Wildman–Crippen MR) is 82.5 cm³/mol. The predicted octanol–water partition coefficient (Wildman–Crippen LogP) is 1.17. The van der Waals surface area contributed by atoms with Crippen LogP contribution in [0.2, 0.25) is 0 Å². The van der Waals surface area contributed by atoms with E-state index in [9.17, 15) is 9.59 Å². The molecule has 23 heavy (non-hydrogen) atoms. The zero-order valence-electron chi connectivity index (χ0n) is 13.0. The van der Waals surface area contributed by atoms with Crippen molar-refractivity contribution in [2.75, 3.05) is 18.9 Å². The maximum absolute atomic E-state index is 12.0. The summed E-state index contributed by atoms with van der Waals surface area (Å²) in [7, 11) is 1.74. The number of amides is 1. The third-order valence-electron chi connectivity index (χ3n) is 2.87. The summed E-state index contributed by atoms with van der Waals surface area (Å²) in [6.07, 6.45) is 0.659. The third kappa shape index (κ3) is 4.57. The second-order valence-corrected chi connectivity index (χ2v) is 5.90. The average molecular weight is 339 g/mol. The normalized spacial score (nSPS) is 11.0. The molecule has 0 saturated heterocycles. The van der Waals surface area contributed by atoms with Gasteiger partial charge >= 0.3 is 5.97 Å². The molecule has 2 N–H and O–H groups in total. The number of aromatic nitrogens is 3. The van der Waals surface area contributed by atoms with Crippen molar-refractivity contribution >= 4 is 28.3 Å². The number of aromatic carboxylic acids is 1. The van der Waals surface area contributed by atoms with Crippen LogP contribution in [0.3, 0.4) is 0 Å². The third-order valence-corrected chi connectivity index (χ3v) is 3.93. The van der Waals surface area contributed by atoms with Gasteiger partial charge in [-0.3, -0.25) is 9.69 Å². The number of thiazole rings is 1. The van der Waals surface area contributed by atoms with E-state index in [4.69, 9.17) is 9.52 Å². The van der Waals surface area contributed by atoms with Gasteiger partial charge in [0.1, 0.15) is 4.88 Å². The van der Waals surface area contributed by atoms with Gasteiger partial charge in [0.15, 0.2) is 5.13 Å². The quantitative estimate of drug-likeness (QED) is 0.771. The molecule has 1 amide bonds. The minimum Gasteiger partial charge on any atom is -0.477 e. The Labute approximate surface area is 136 Å². The van der Waals surface area contributed by atoms with Crippen molar-refractivity contribution in [1.29, 1.82) is 0 Å². The Morgan fingerprint density at radius 3 is 2.61 bits per heavy atom. The van der Waals surface area contributed by atoms with Gasteiger partial charge in [-0.1, -0.05) is 18.3 Å². The van der Waals surface area contributed by atoms with E-state index in [-0.39, 0.29) is 22.5 Å². The van der Waals surface area contributed by atoms with E-state index in [0.717, 1.165) is 11.3 Å². The number of carboxylic acids is 1. The number of hydrogen-bond donors (Lipinski definition) is 2. The van der Waals surface area contributed by atoms with E-state index in [1.54, 1.807) is 18.9 Å². The van der Waals surface area contributed by atoms with Crippen LogP contribution in [0.1, 0.15) is 34.1 Å². The van der Waals surface area contributed by atoms with E-state index >= 15 is 0 Å². The van der Waals surface area contributed by atoms with Gasteiger partial charge in [0.05, 0.1) is 18.8 Å². The molecular formula is C13H17N5O4S. The Morgan fingerprint density at radius 1 is 1.35 bits per heavy atom. The lowest BCUT2D eigenvalue weighted by Gasteiger charge is -2.12. The van der Waals surface area contributed by atoms with Gasteiger partial charge in [0, 0.05) is 6.42 Å². The van der Waals surface area contributed by atoms with Crippen LogP contribution in [0.5, 0.6) is 0 Å². The maximum atomic E-state index is 12.0. The molecule has 10 heteroatoms. The Morgan fingerprint density at radius 2 is 2.04 bits per heavy atom. The van der Waals surface area contributed by atoms with Gasteiger partial charge < -0.3 is 14.8 Å². The van der Waals surface area contributed by atoms with E-state index in [2.05, 4.69) is 20.5 Å². The number of rotatable bonds is 7. The highest BCUT2D eigenvalue weighted by molar-refractivity contribution is 7.17. The Bertz CT molecular complexity index is 711. The Kier molecular flexibility index (Phi) is 5.40. The Hall–Kier alpha value is -2.33. The molecule has 124 valence electrons. The lowest BCUT2D eigenvalue weighted by molar-refractivity contribution is -0.117. The first kappa shape index (κ1) is 17.0. The number of carboxylic acid groups (broad SMARTS) is 1. The van der Waals surface area contributed by atoms with Gasteiger partial charge in [-0.25, -0.2) is 9.78 Å². The molecule has 0 atom stereocenters. The van der Waals surface area contributed by atoms with E-state index in [0.29, 0.717) is 30.4 Å². The SMILES string of the molecule is CCc1nnc(CN(C)CC(=O)Nc2nc(C)c(C(=O)O)s2)o1. The molecule has 0 unspecified atom stereocenters. The standard InChI is InChI=1S/C13H17N5O4S/c1-4-9-16-17-10(22-9)6-18(3)5-8(19)15-13-14-7(2)11(23-13)12(20)21/h4-6H2,1-3H3,(H,20,21)(H,14,15,19). The molecule has 0 aliphatic carbocycles. The Balaban J connectivity index is 1.88. The highest BCUT2D eigenvalue weighted by Gasteiger charge is 2.17. The van der Waals surface area contributed by atoms with Crippen LogP contribution in [-0.2, 0) is 17.8 Å². The van der Waals surface area contributed by atoms with Gasteiger partial charge in [-0.05, 0) is 14.0 Å². The number of nitrogens with one attached hydrogen (secondary N) is 1. The van der Waals surface area contributed by atoms with Gasteiger partial charge in [0.25, 0.3) is 0 Å². The van der Waals surface area contributed by atoms with Crippen molar-refractivity contribution in [1.82, 2.24) is 20.1 Å². The zero-order chi connectivity index (χ0) is 17.0. The van der Waals surface area contributed by atoms with E-state index in [1.807, 2.05) is 6.92 Å². The molecule has 2 aromatic rings. The highest BCUT2D eigenvalue weighted by atomic mass is 32.1. The molecular weight excluding hydrogens is 322 g/mol. The number of carbonyl (C=O) groups is 2. The summed E-state index contributed by atoms with van der Waals surface area (Å²) in [6.45, 7) is 3.93. The summed E-state index contributed by atoms with van der Waals surface area (Å²) in [5, 5.41) is 19.6. The van der Waals surface area contributed by atoms with Crippen LogP contribution < -0.4 is 5.32 Å². The zero-order valence-corrected chi connectivity index (χ0v) is 13.8. The van der Waals surface area contributed by atoms with Crippen LogP contribution in [0.4, 0.5) is 5.13 Å². The van der Waals surface area contributed by atoms with Crippen LogP contribution in [0, 0.1) is 6.92 Å². The van der Waals surface area contributed by atoms with Crippen LogP contribution in [0.25, 0.3) is 0 Å². The maximum Gasteiger partial charge on any atom is 0.347 e. The summed E-state index contributed by atoms with van der Waals surface area (Å²) < 4.78 is 5.38. The van der Waals surface area contributed by atoms with Crippen molar-refractivity contribution in [2.45, 2.75) is 26.8 Å². The topological polar surface area (TPSA) is 121 Å². The van der Waals surface area contributed by atoms with Crippen molar-refractivity contribution in [3.05, 3.63) is 22.4 Å². The molecule has 0 aliphatic rings. The molecule has 0 bridgehead atoms. The second kappa shape index (κ2) is 7.29. The summed E-state index contributed by atoms with van der Waals surface area (Å²) >= 11 is 0.931. The molecule has 0 radical (unpaired) electrons. The fourth-order valence-corrected chi connectivity index (χ4v) is 2.66. The molecule has 0 spiro atoms. The number of likely N-dealkylation sites (N-methyl/N-ethyl adjacent to an activating group) is 1. The van der Waals surface area contributed by atoms with Crippen LogP contribution in [0.15, 0.2) is 4.42 Å². The fourth-order valence-electron chi connectivity index (χ4n) is 1.83. The smallest absolute Gasteiger partial charge is 0.347 e. The second-order valence-electron chi connectivity index (χ2n) is 4.90. The molecule has 0 aromatic carbocycles. The van der Waals surface area contributed by atoms with Crippen molar-refractivity contribution in [3.63, 3.8) is 0 Å². The molecule has 0 saturated carbocycles. The minimum atomic E-state index is -1.05. The molecule has 0 fully saturated rings. The summed E-state index contributed by atoms with van der Waals surface area (Å²) in [5.41, 5.74) is 0.379. The fraction of sp³-hybridized carbons (Fsp3) is 0.462. The number of aryl methyl sites for hydroxylation is 2. The summed E-state index contributed by atoms with van der Waals surface area (Å²) in [4.78, 5) is 28.8. The van der Waals surface area contributed by atoms with Gasteiger partial charge in [0.2, 0.25) is 17.7 Å². The highest BCUT2D eigenvalue weighted by Crippen LogP contribution is 2.22. The summed E-state index contributed by atoms with van der Waals surface area (Å²) in [6, 6.07) is 0. The van der Waals surface area contributed by atoms with Crippen LogP contribution in [-0.4, -0.2) is 50.7 Å².